The van der Waals surface area contributed by atoms with Gasteiger partial charge in [0.1, 0.15) is 0 Å². The summed E-state index contributed by atoms with van der Waals surface area (Å²) in [6, 6.07) is 5.74. The summed E-state index contributed by atoms with van der Waals surface area (Å²) in [5.41, 5.74) is 7.73. The van der Waals surface area contributed by atoms with Crippen LogP contribution in [0.2, 0.25) is 0 Å². The molecular formula is C16H25N3O2. The zero-order chi connectivity index (χ0) is 15.7. The van der Waals surface area contributed by atoms with Gasteiger partial charge in [0, 0.05) is 30.8 Å². The Morgan fingerprint density at radius 1 is 1.19 bits per heavy atom. The van der Waals surface area contributed by atoms with Gasteiger partial charge in [-0.05, 0) is 49.9 Å². The Morgan fingerprint density at radius 2 is 1.95 bits per heavy atom. The molecule has 5 heteroatoms. The van der Waals surface area contributed by atoms with Crippen LogP contribution in [0.1, 0.15) is 48.5 Å². The van der Waals surface area contributed by atoms with Crippen LogP contribution in [-0.2, 0) is 4.79 Å². The average molecular weight is 291 g/mol. The Hall–Kier alpha value is -2.04. The van der Waals surface area contributed by atoms with Gasteiger partial charge in [-0.3, -0.25) is 9.59 Å². The van der Waals surface area contributed by atoms with Crippen LogP contribution >= 0.6 is 0 Å². The molecule has 2 amide bonds. The third-order valence-electron chi connectivity index (χ3n) is 3.19. The zero-order valence-corrected chi connectivity index (χ0v) is 12.9. The summed E-state index contributed by atoms with van der Waals surface area (Å²) in [6.07, 6.45) is 2.89. The van der Waals surface area contributed by atoms with E-state index in [-0.39, 0.29) is 11.8 Å². The van der Waals surface area contributed by atoms with Gasteiger partial charge in [-0.25, -0.2) is 0 Å². The number of hydrogen-bond acceptors (Lipinski definition) is 3. The molecule has 116 valence electrons. The van der Waals surface area contributed by atoms with Crippen molar-refractivity contribution < 1.29 is 9.59 Å². The van der Waals surface area contributed by atoms with E-state index < -0.39 is 0 Å². The van der Waals surface area contributed by atoms with E-state index in [9.17, 15) is 9.59 Å². The number of carbonyl (C=O) groups excluding carboxylic acids is 2. The fourth-order valence-electron chi connectivity index (χ4n) is 2.02. The van der Waals surface area contributed by atoms with Crippen molar-refractivity contribution in [3.05, 3.63) is 29.3 Å². The van der Waals surface area contributed by atoms with E-state index in [0.29, 0.717) is 24.9 Å². The first kappa shape index (κ1) is 17.0. The number of carbonyl (C=O) groups is 2. The molecule has 1 aromatic carbocycles. The van der Waals surface area contributed by atoms with Crippen molar-refractivity contribution in [2.75, 3.05) is 18.4 Å². The molecule has 1 rings (SSSR count). The van der Waals surface area contributed by atoms with E-state index in [0.717, 1.165) is 30.6 Å². The van der Waals surface area contributed by atoms with E-state index in [1.807, 2.05) is 25.1 Å². The molecule has 0 heterocycles. The number of hydrogen-bond donors (Lipinski definition) is 3. The van der Waals surface area contributed by atoms with Gasteiger partial charge in [-0.2, -0.15) is 0 Å². The number of nitrogens with two attached hydrogens (primary N) is 1. The largest absolute Gasteiger partial charge is 0.385 e. The lowest BCUT2D eigenvalue weighted by Crippen LogP contribution is -2.25. The van der Waals surface area contributed by atoms with Crippen LogP contribution in [0.25, 0.3) is 0 Å². The highest BCUT2D eigenvalue weighted by Gasteiger charge is 2.08. The van der Waals surface area contributed by atoms with Crippen LogP contribution in [0, 0.1) is 6.92 Å². The molecule has 0 aromatic heterocycles. The summed E-state index contributed by atoms with van der Waals surface area (Å²) in [5.74, 6) is -0.374. The molecule has 0 saturated carbocycles. The summed E-state index contributed by atoms with van der Waals surface area (Å²) in [6.45, 7) is 5.52. The minimum Gasteiger partial charge on any atom is -0.385 e. The minimum atomic E-state index is -0.299. The van der Waals surface area contributed by atoms with Crippen molar-refractivity contribution in [3.63, 3.8) is 0 Å². The lowest BCUT2D eigenvalue weighted by Gasteiger charge is -2.10. The van der Waals surface area contributed by atoms with Crippen LogP contribution in [0.4, 0.5) is 5.69 Å². The van der Waals surface area contributed by atoms with E-state index in [4.69, 9.17) is 5.73 Å². The molecule has 0 spiro atoms. The van der Waals surface area contributed by atoms with Gasteiger partial charge >= 0.3 is 0 Å². The van der Waals surface area contributed by atoms with Crippen LogP contribution in [0.15, 0.2) is 18.2 Å². The summed E-state index contributed by atoms with van der Waals surface area (Å²) >= 11 is 0. The van der Waals surface area contributed by atoms with Crippen molar-refractivity contribution in [2.45, 2.75) is 39.5 Å². The first-order valence-corrected chi connectivity index (χ1v) is 7.45. The molecule has 0 atom stereocenters. The summed E-state index contributed by atoms with van der Waals surface area (Å²) in [7, 11) is 0. The molecule has 0 aliphatic carbocycles. The van der Waals surface area contributed by atoms with Crippen molar-refractivity contribution in [3.8, 4) is 0 Å². The van der Waals surface area contributed by atoms with E-state index in [1.54, 1.807) is 0 Å². The number of unbranched alkanes of at least 4 members (excludes halogenated alkanes) is 1. The lowest BCUT2D eigenvalue weighted by atomic mass is 10.1. The van der Waals surface area contributed by atoms with Crippen LogP contribution in [-0.4, -0.2) is 24.9 Å². The summed E-state index contributed by atoms with van der Waals surface area (Å²) < 4.78 is 0. The summed E-state index contributed by atoms with van der Waals surface area (Å²) in [5, 5.41) is 6.16. The molecule has 4 N–H and O–H groups in total. The third-order valence-corrected chi connectivity index (χ3v) is 3.19. The normalized spacial score (nSPS) is 10.2. The first-order chi connectivity index (χ1) is 10.0. The molecule has 0 aliphatic heterocycles. The predicted molar refractivity (Wildman–Crippen MR) is 85.3 cm³/mol. The molecule has 5 nitrogen and oxygen atoms in total. The molecule has 0 fully saturated rings. The number of anilines is 1. The number of nitrogens with one attached hydrogen (secondary N) is 2. The van der Waals surface area contributed by atoms with Gasteiger partial charge in [0.2, 0.25) is 5.91 Å². The highest BCUT2D eigenvalue weighted by atomic mass is 16.2. The molecule has 1 aromatic rings. The third kappa shape index (κ3) is 6.29. The second-order valence-corrected chi connectivity index (χ2v) is 5.14. The van der Waals surface area contributed by atoms with E-state index in [1.165, 1.54) is 0 Å². The zero-order valence-electron chi connectivity index (χ0n) is 12.9. The smallest absolute Gasteiger partial charge is 0.251 e. The topological polar surface area (TPSA) is 84.2 Å². The van der Waals surface area contributed by atoms with Crippen molar-refractivity contribution in [1.29, 1.82) is 0 Å². The van der Waals surface area contributed by atoms with E-state index in [2.05, 4.69) is 17.6 Å². The number of benzene rings is 1. The lowest BCUT2D eigenvalue weighted by molar-refractivity contribution is -0.118. The van der Waals surface area contributed by atoms with Crippen LogP contribution in [0.5, 0.6) is 0 Å². The number of amides is 2. The molecular weight excluding hydrogens is 266 g/mol. The van der Waals surface area contributed by atoms with Crippen molar-refractivity contribution in [2.24, 2.45) is 5.73 Å². The van der Waals surface area contributed by atoms with Crippen LogP contribution < -0.4 is 16.4 Å². The van der Waals surface area contributed by atoms with Gasteiger partial charge in [0.15, 0.2) is 0 Å². The van der Waals surface area contributed by atoms with Crippen molar-refractivity contribution in [1.82, 2.24) is 5.32 Å². The first-order valence-electron chi connectivity index (χ1n) is 7.45. The summed E-state index contributed by atoms with van der Waals surface area (Å²) in [4.78, 5) is 22.7. The Labute approximate surface area is 126 Å². The molecule has 0 saturated heterocycles. The second kappa shape index (κ2) is 9.00. The quantitative estimate of drug-likeness (QED) is 0.610. The van der Waals surface area contributed by atoms with Gasteiger partial charge < -0.3 is 16.4 Å². The molecule has 21 heavy (non-hydrogen) atoms. The standard InChI is InChI=1S/C16H25N3O2/c1-3-9-18-13-7-8-14(12(2)11-13)16(21)19-10-5-4-6-15(17)20/h7-8,11,18H,3-6,9-10H2,1-2H3,(H2,17,20)(H,19,21). The molecule has 0 radical (unpaired) electrons. The van der Waals surface area contributed by atoms with Gasteiger partial charge in [0.25, 0.3) is 5.91 Å². The molecule has 0 aliphatic rings. The fourth-order valence-corrected chi connectivity index (χ4v) is 2.02. The Morgan fingerprint density at radius 3 is 2.57 bits per heavy atom. The predicted octanol–water partition coefficient (Wildman–Crippen LogP) is 2.20. The maximum atomic E-state index is 12.1. The Bertz CT molecular complexity index is 486. The van der Waals surface area contributed by atoms with Gasteiger partial charge in [-0.15, -0.1) is 0 Å². The maximum Gasteiger partial charge on any atom is 0.251 e. The Kier molecular flexibility index (Phi) is 7.29. The van der Waals surface area contributed by atoms with Gasteiger partial charge in [-0.1, -0.05) is 6.92 Å². The maximum absolute atomic E-state index is 12.1. The second-order valence-electron chi connectivity index (χ2n) is 5.14. The number of aryl methyl sites for hydroxylation is 1. The Balaban J connectivity index is 2.45. The minimum absolute atomic E-state index is 0.0754. The monoisotopic (exact) mass is 291 g/mol. The number of rotatable bonds is 9. The van der Waals surface area contributed by atoms with Crippen molar-refractivity contribution >= 4 is 17.5 Å². The highest BCUT2D eigenvalue weighted by Crippen LogP contribution is 2.15. The molecule has 0 bridgehead atoms. The number of primary amides is 1. The van der Waals surface area contributed by atoms with Crippen LogP contribution in [0.3, 0.4) is 0 Å². The highest BCUT2D eigenvalue weighted by molar-refractivity contribution is 5.96. The molecule has 0 unspecified atom stereocenters. The fraction of sp³-hybridized carbons (Fsp3) is 0.500. The average Bonchev–Trinajstić information content (AvgIpc) is 2.44. The SMILES string of the molecule is CCCNc1ccc(C(=O)NCCCCC(N)=O)c(C)c1. The van der Waals surface area contributed by atoms with Gasteiger partial charge in [0.05, 0.1) is 0 Å². The van der Waals surface area contributed by atoms with E-state index >= 15 is 0 Å².